The van der Waals surface area contributed by atoms with Crippen LogP contribution in [0.25, 0.3) is 33.5 Å². The maximum absolute atomic E-state index is 13.0. The van der Waals surface area contributed by atoms with Gasteiger partial charge in [-0.2, -0.15) is 4.98 Å². The van der Waals surface area contributed by atoms with Crippen LogP contribution in [0, 0.1) is 12.8 Å². The quantitative estimate of drug-likeness (QED) is 0.136. The van der Waals surface area contributed by atoms with Crippen LogP contribution in [0.5, 0.6) is 5.75 Å². The van der Waals surface area contributed by atoms with Crippen molar-refractivity contribution >= 4 is 45.9 Å². The van der Waals surface area contributed by atoms with Crippen LogP contribution in [0.2, 0.25) is 0 Å². The number of aryl methyl sites for hydroxylation is 1. The number of rotatable bonds is 9. The maximum Gasteiger partial charge on any atom is 0.328 e. The number of aromatic amines is 1. The van der Waals surface area contributed by atoms with E-state index in [0.29, 0.717) is 37.4 Å². The summed E-state index contributed by atoms with van der Waals surface area (Å²) in [5.41, 5.74) is 9.26. The number of nitrogens with zero attached hydrogens (tertiary/aromatic N) is 8. The fourth-order valence-corrected chi connectivity index (χ4v) is 9.75. The number of nitrogens with one attached hydrogen (secondary N) is 3. The molecule has 4 aliphatic rings. The molecule has 3 saturated heterocycles. The third kappa shape index (κ3) is 8.50. The van der Waals surface area contributed by atoms with Gasteiger partial charge >= 0.3 is 17.8 Å². The molecule has 0 radical (unpaired) electrons. The smallest absolute Gasteiger partial charge is 0.328 e. The molecule has 0 aliphatic carbocycles. The van der Waals surface area contributed by atoms with E-state index in [9.17, 15) is 14.4 Å². The van der Waals surface area contributed by atoms with Crippen molar-refractivity contribution in [3.63, 3.8) is 0 Å². The number of anilines is 3. The normalized spacial score (nSPS) is 18.8. The van der Waals surface area contributed by atoms with Gasteiger partial charge in [0.25, 0.3) is 0 Å². The first-order valence-corrected chi connectivity index (χ1v) is 22.7. The van der Waals surface area contributed by atoms with Crippen LogP contribution in [0.15, 0.2) is 77.6 Å². The molecule has 3 aromatic carbocycles. The van der Waals surface area contributed by atoms with Gasteiger partial charge in [0.2, 0.25) is 5.91 Å². The largest absolute Gasteiger partial charge is 0.489 e. The number of hydrogen-bond donors (Lipinski definition) is 3. The van der Waals surface area contributed by atoms with Crippen LogP contribution in [0.3, 0.4) is 0 Å². The van der Waals surface area contributed by atoms with E-state index >= 15 is 0 Å². The SMILES string of the molecule is Cc1cc(-c2ncnc3[nH]c(-c4ccc5c(c4)OC[C@@H]4CN(CC6CCN(c7ccc(N8CCC(=O)NC8=O)cc7)CC6)CCN54)cc23)ccc1[C@@H](C)NC(=O)c1nc(C(C)(C)C)no1. The third-order valence-electron chi connectivity index (χ3n) is 13.4. The lowest BCUT2D eigenvalue weighted by Gasteiger charge is -2.47. The van der Waals surface area contributed by atoms with Crippen LogP contribution < -0.4 is 30.1 Å². The fourth-order valence-electron chi connectivity index (χ4n) is 9.75. The molecule has 16 nitrogen and oxygen atoms in total. The van der Waals surface area contributed by atoms with Crippen LogP contribution in [0.4, 0.5) is 21.9 Å². The molecule has 0 unspecified atom stereocenters. The van der Waals surface area contributed by atoms with E-state index < -0.39 is 5.91 Å². The Bertz CT molecular complexity index is 2770. The minimum atomic E-state index is -0.411. The second kappa shape index (κ2) is 17.0. The predicted molar refractivity (Wildman–Crippen MR) is 248 cm³/mol. The Labute approximate surface area is 377 Å². The summed E-state index contributed by atoms with van der Waals surface area (Å²) in [5.74, 6) is 1.34. The van der Waals surface area contributed by atoms with Crippen molar-refractivity contribution < 1.29 is 23.6 Å². The zero-order valence-electron chi connectivity index (χ0n) is 37.6. The Balaban J connectivity index is 0.750. The van der Waals surface area contributed by atoms with Crippen molar-refractivity contribution in [1.29, 1.82) is 0 Å². The maximum atomic E-state index is 13.0. The van der Waals surface area contributed by atoms with E-state index in [2.05, 4.69) is 87.9 Å². The van der Waals surface area contributed by atoms with Crippen LogP contribution in [-0.2, 0) is 10.2 Å². The molecule has 4 amide bonds. The molecule has 3 aromatic heterocycles. The van der Waals surface area contributed by atoms with Gasteiger partial charge in [-0.25, -0.2) is 14.8 Å². The molecule has 0 spiro atoms. The number of urea groups is 1. The lowest BCUT2D eigenvalue weighted by atomic mass is 9.95. The number of imide groups is 1. The Kier molecular flexibility index (Phi) is 11.0. The molecule has 16 heteroatoms. The minimum absolute atomic E-state index is 0.0500. The number of hydrogen-bond acceptors (Lipinski definition) is 12. The fraction of sp³-hybridized carbons (Fsp3) is 0.408. The first-order valence-electron chi connectivity index (χ1n) is 22.7. The van der Waals surface area contributed by atoms with Crippen molar-refractivity contribution in [2.24, 2.45) is 5.92 Å². The highest BCUT2D eigenvalue weighted by molar-refractivity contribution is 6.05. The molecular weight excluding hydrogens is 823 g/mol. The molecule has 7 heterocycles. The zero-order chi connectivity index (χ0) is 45.0. The second-order valence-corrected chi connectivity index (χ2v) is 18.9. The summed E-state index contributed by atoms with van der Waals surface area (Å²) in [6, 6.07) is 22.5. The number of carbonyl (C=O) groups excluding carboxylic acids is 3. The average Bonchev–Trinajstić information content (AvgIpc) is 3.99. The van der Waals surface area contributed by atoms with Gasteiger partial charge in [0.1, 0.15) is 24.3 Å². The number of aromatic nitrogens is 5. The third-order valence-corrected chi connectivity index (χ3v) is 13.4. The number of H-pyrrole nitrogens is 1. The first kappa shape index (κ1) is 42.2. The van der Waals surface area contributed by atoms with Gasteiger partial charge in [-0.05, 0) is 92.3 Å². The van der Waals surface area contributed by atoms with Crippen molar-refractivity contribution in [1.82, 2.24) is 40.6 Å². The summed E-state index contributed by atoms with van der Waals surface area (Å²) in [6.07, 6.45) is 4.19. The zero-order valence-corrected chi connectivity index (χ0v) is 37.6. The minimum Gasteiger partial charge on any atom is -0.489 e. The molecule has 3 fully saturated rings. The number of carbonyl (C=O) groups is 3. The standard InChI is InChI=1S/C49H55N11O5/c1-29-22-33(6-12-37(29)30(2)52-45(62)46-55-47(56-65-46)49(3,4)5)43-38-24-39(53-44(38)51-28-50-43)32-7-13-40-41(23-32)64-27-36-26-57(20-21-59(36)40)25-31-14-17-58(18-15-31)34-8-10-35(11-9-34)60-19-16-42(61)54-48(60)63/h6-13,22-24,28,30-31,36H,14-21,25-27H2,1-5H3,(H,52,62)(H,50,51,53)(H,54,61,63)/t30-,36+/m1/s1. The molecule has 2 atom stereocenters. The Morgan fingerprint density at radius 3 is 2.46 bits per heavy atom. The molecule has 336 valence electrons. The second-order valence-electron chi connectivity index (χ2n) is 18.9. The topological polar surface area (TPSA) is 178 Å². The lowest BCUT2D eigenvalue weighted by molar-refractivity contribution is -0.120. The number of piperidine rings is 1. The number of benzene rings is 3. The molecule has 3 N–H and O–H groups in total. The van der Waals surface area contributed by atoms with Gasteiger partial charge in [-0.1, -0.05) is 44.1 Å². The highest BCUT2D eigenvalue weighted by atomic mass is 16.5. The predicted octanol–water partition coefficient (Wildman–Crippen LogP) is 7.02. The van der Waals surface area contributed by atoms with E-state index in [1.165, 1.54) is 5.69 Å². The summed E-state index contributed by atoms with van der Waals surface area (Å²) >= 11 is 0. The number of fused-ring (bicyclic) bond motifs is 4. The molecule has 4 aliphatic heterocycles. The van der Waals surface area contributed by atoms with Crippen molar-refractivity contribution in [2.75, 3.05) is 67.1 Å². The van der Waals surface area contributed by atoms with Gasteiger partial charge < -0.3 is 29.4 Å². The average molecular weight is 878 g/mol. The summed E-state index contributed by atoms with van der Waals surface area (Å²) < 4.78 is 11.8. The Hall–Kier alpha value is -6.81. The summed E-state index contributed by atoms with van der Waals surface area (Å²) in [6.45, 7) is 17.0. The summed E-state index contributed by atoms with van der Waals surface area (Å²) in [4.78, 5) is 63.2. The molecule has 10 rings (SSSR count). The summed E-state index contributed by atoms with van der Waals surface area (Å²) in [5, 5.41) is 10.3. The number of ether oxygens (including phenoxy) is 1. The molecule has 0 saturated carbocycles. The molecule has 65 heavy (non-hydrogen) atoms. The van der Waals surface area contributed by atoms with E-state index in [0.717, 1.165) is 114 Å². The van der Waals surface area contributed by atoms with E-state index in [-0.39, 0.29) is 29.3 Å². The van der Waals surface area contributed by atoms with Crippen molar-refractivity contribution in [3.05, 3.63) is 95.9 Å². The lowest BCUT2D eigenvalue weighted by Crippen LogP contribution is -2.58. The van der Waals surface area contributed by atoms with Gasteiger partial charge in [0.15, 0.2) is 5.82 Å². The van der Waals surface area contributed by atoms with Crippen LogP contribution >= 0.6 is 0 Å². The van der Waals surface area contributed by atoms with Gasteiger partial charge in [-0.3, -0.25) is 24.7 Å². The van der Waals surface area contributed by atoms with E-state index in [1.54, 1.807) is 11.2 Å². The monoisotopic (exact) mass is 877 g/mol. The van der Waals surface area contributed by atoms with Crippen molar-refractivity contribution in [3.8, 4) is 28.3 Å². The van der Waals surface area contributed by atoms with E-state index in [1.807, 2.05) is 58.9 Å². The van der Waals surface area contributed by atoms with E-state index in [4.69, 9.17) is 14.2 Å². The molecule has 0 bridgehead atoms. The van der Waals surface area contributed by atoms with Gasteiger partial charge in [0.05, 0.1) is 23.5 Å². The van der Waals surface area contributed by atoms with Crippen LogP contribution in [-0.4, -0.2) is 106 Å². The highest BCUT2D eigenvalue weighted by Crippen LogP contribution is 2.40. The molecule has 6 aromatic rings. The first-order chi connectivity index (χ1) is 31.3. The number of amides is 4. The Morgan fingerprint density at radius 2 is 1.71 bits per heavy atom. The van der Waals surface area contributed by atoms with Crippen LogP contribution in [0.1, 0.15) is 80.6 Å². The highest BCUT2D eigenvalue weighted by Gasteiger charge is 2.35. The molecular formula is C49H55N11O5. The summed E-state index contributed by atoms with van der Waals surface area (Å²) in [7, 11) is 0. The van der Waals surface area contributed by atoms with Gasteiger partial charge in [-0.15, -0.1) is 0 Å². The Morgan fingerprint density at radius 1 is 0.923 bits per heavy atom. The van der Waals surface area contributed by atoms with Crippen molar-refractivity contribution in [2.45, 2.75) is 71.4 Å². The van der Waals surface area contributed by atoms with Gasteiger partial charge in [0, 0.05) is 91.2 Å². The number of piperazine rings is 1.